The van der Waals surface area contributed by atoms with Crippen LogP contribution >= 0.6 is 0 Å². The van der Waals surface area contributed by atoms with Crippen molar-refractivity contribution >= 4 is 6.03 Å². The molecule has 2 aliphatic heterocycles. The quantitative estimate of drug-likeness (QED) is 0.840. The summed E-state index contributed by atoms with van der Waals surface area (Å²) in [6.07, 6.45) is 3.27. The van der Waals surface area contributed by atoms with E-state index >= 15 is 0 Å². The highest BCUT2D eigenvalue weighted by Gasteiger charge is 2.23. The molecule has 0 unspecified atom stereocenters. The molecule has 4 heterocycles. The minimum absolute atomic E-state index is 0.0385. The topological polar surface area (TPSA) is 82.1 Å². The standard InChI is InChI=1S/C19H29N7O/c1-3-4-6-24-8-9-26-16(12-24)10-15(23-26)11-20-19(27)25-7-5-17-18(13-25)22-14(2)21-17/h10H,3-9,11-13H2,1-2H3,(H,20,27)(H,21,22). The van der Waals surface area contributed by atoms with Crippen LogP contribution in [0.2, 0.25) is 0 Å². The summed E-state index contributed by atoms with van der Waals surface area (Å²) in [5.74, 6) is 0.916. The Morgan fingerprint density at radius 2 is 2.19 bits per heavy atom. The van der Waals surface area contributed by atoms with Crippen molar-refractivity contribution < 1.29 is 4.79 Å². The second kappa shape index (κ2) is 7.72. The van der Waals surface area contributed by atoms with Crippen molar-refractivity contribution in [1.29, 1.82) is 0 Å². The van der Waals surface area contributed by atoms with Gasteiger partial charge in [-0.25, -0.2) is 9.78 Å². The van der Waals surface area contributed by atoms with Crippen LogP contribution in [0.25, 0.3) is 0 Å². The molecule has 2 aromatic rings. The Morgan fingerprint density at radius 3 is 3.04 bits per heavy atom. The fourth-order valence-electron chi connectivity index (χ4n) is 3.93. The largest absolute Gasteiger partial charge is 0.344 e. The van der Waals surface area contributed by atoms with Crippen molar-refractivity contribution in [3.63, 3.8) is 0 Å². The lowest BCUT2D eigenvalue weighted by Gasteiger charge is -2.27. The molecule has 0 fully saturated rings. The first-order chi connectivity index (χ1) is 13.1. The summed E-state index contributed by atoms with van der Waals surface area (Å²) in [4.78, 5) is 24.6. The molecule has 8 nitrogen and oxygen atoms in total. The van der Waals surface area contributed by atoms with Gasteiger partial charge in [0.25, 0.3) is 0 Å². The molecular weight excluding hydrogens is 342 g/mol. The predicted molar refractivity (Wildman–Crippen MR) is 102 cm³/mol. The zero-order valence-corrected chi connectivity index (χ0v) is 16.3. The number of rotatable bonds is 5. The number of amides is 2. The van der Waals surface area contributed by atoms with E-state index in [1.807, 2.05) is 11.8 Å². The summed E-state index contributed by atoms with van der Waals surface area (Å²) >= 11 is 0. The number of imidazole rings is 1. The Morgan fingerprint density at radius 1 is 1.30 bits per heavy atom. The molecule has 0 bridgehead atoms. The number of nitrogens with zero attached hydrogens (tertiary/aromatic N) is 5. The first-order valence-corrected chi connectivity index (χ1v) is 9.97. The van der Waals surface area contributed by atoms with Gasteiger partial charge < -0.3 is 15.2 Å². The van der Waals surface area contributed by atoms with Crippen LogP contribution in [0.3, 0.4) is 0 Å². The van der Waals surface area contributed by atoms with E-state index < -0.39 is 0 Å². The second-order valence-electron chi connectivity index (χ2n) is 7.56. The number of H-pyrrole nitrogens is 1. The van der Waals surface area contributed by atoms with Gasteiger partial charge >= 0.3 is 6.03 Å². The molecule has 2 N–H and O–H groups in total. The molecule has 2 aliphatic rings. The van der Waals surface area contributed by atoms with Crippen molar-refractivity contribution in [1.82, 2.24) is 34.9 Å². The molecule has 0 saturated heterocycles. The van der Waals surface area contributed by atoms with E-state index in [4.69, 9.17) is 0 Å². The summed E-state index contributed by atoms with van der Waals surface area (Å²) in [5, 5.41) is 7.69. The number of urea groups is 1. The van der Waals surface area contributed by atoms with E-state index in [-0.39, 0.29) is 6.03 Å². The number of aromatic nitrogens is 4. The van der Waals surface area contributed by atoms with Crippen LogP contribution in [-0.4, -0.2) is 55.2 Å². The van der Waals surface area contributed by atoms with Gasteiger partial charge in [-0.3, -0.25) is 9.58 Å². The number of hydrogen-bond donors (Lipinski definition) is 2. The first-order valence-electron chi connectivity index (χ1n) is 9.97. The van der Waals surface area contributed by atoms with Crippen LogP contribution in [0.4, 0.5) is 4.79 Å². The maximum absolute atomic E-state index is 12.5. The van der Waals surface area contributed by atoms with Gasteiger partial charge in [0.2, 0.25) is 0 Å². The molecule has 0 radical (unpaired) electrons. The Kier molecular flexibility index (Phi) is 5.15. The van der Waals surface area contributed by atoms with Crippen LogP contribution in [-0.2, 0) is 32.6 Å². The number of aryl methyl sites for hydroxylation is 1. The van der Waals surface area contributed by atoms with Gasteiger partial charge in [-0.2, -0.15) is 5.10 Å². The summed E-state index contributed by atoms with van der Waals surface area (Å²) < 4.78 is 2.09. The molecule has 27 heavy (non-hydrogen) atoms. The molecule has 0 saturated carbocycles. The van der Waals surface area contributed by atoms with Crippen LogP contribution in [0.1, 0.15) is 48.4 Å². The van der Waals surface area contributed by atoms with Crippen LogP contribution in [0, 0.1) is 6.92 Å². The van der Waals surface area contributed by atoms with Crippen molar-refractivity contribution in [3.8, 4) is 0 Å². The maximum Gasteiger partial charge on any atom is 0.318 e. The Hall–Kier alpha value is -2.35. The van der Waals surface area contributed by atoms with Crippen LogP contribution < -0.4 is 5.32 Å². The number of fused-ring (bicyclic) bond motifs is 2. The minimum atomic E-state index is -0.0385. The van der Waals surface area contributed by atoms with E-state index in [2.05, 4.69) is 43.0 Å². The maximum atomic E-state index is 12.5. The van der Waals surface area contributed by atoms with Gasteiger partial charge in [0.15, 0.2) is 0 Å². The Labute approximate surface area is 159 Å². The van der Waals surface area contributed by atoms with Crippen molar-refractivity contribution in [3.05, 3.63) is 34.7 Å². The van der Waals surface area contributed by atoms with Gasteiger partial charge in [0, 0.05) is 26.1 Å². The lowest BCUT2D eigenvalue weighted by molar-refractivity contribution is 0.190. The predicted octanol–water partition coefficient (Wildman–Crippen LogP) is 1.80. The highest BCUT2D eigenvalue weighted by Crippen LogP contribution is 2.17. The van der Waals surface area contributed by atoms with Gasteiger partial charge in [0.1, 0.15) is 5.82 Å². The molecule has 146 valence electrons. The zero-order valence-electron chi connectivity index (χ0n) is 16.3. The number of nitrogens with one attached hydrogen (secondary N) is 2. The third-order valence-electron chi connectivity index (χ3n) is 5.41. The molecule has 0 aliphatic carbocycles. The minimum Gasteiger partial charge on any atom is -0.344 e. The zero-order chi connectivity index (χ0) is 18.8. The van der Waals surface area contributed by atoms with E-state index in [1.165, 1.54) is 18.5 Å². The average molecular weight is 371 g/mol. The van der Waals surface area contributed by atoms with Crippen LogP contribution in [0.5, 0.6) is 0 Å². The SMILES string of the molecule is CCCCN1CCn2nc(CNC(=O)N3CCc4nc(C)[nH]c4C3)cc2C1. The highest BCUT2D eigenvalue weighted by atomic mass is 16.2. The number of hydrogen-bond acceptors (Lipinski definition) is 4. The number of carbonyl (C=O) groups excluding carboxylic acids is 1. The third kappa shape index (κ3) is 4.00. The molecule has 0 atom stereocenters. The second-order valence-corrected chi connectivity index (χ2v) is 7.56. The number of aromatic amines is 1. The normalized spacial score (nSPS) is 16.9. The average Bonchev–Trinajstić information content (AvgIpc) is 3.24. The molecule has 2 aromatic heterocycles. The van der Waals surface area contributed by atoms with Crippen molar-refractivity contribution in [2.75, 3.05) is 19.6 Å². The summed E-state index contributed by atoms with van der Waals surface area (Å²) in [6.45, 7) is 10.0. The van der Waals surface area contributed by atoms with Crippen LogP contribution in [0.15, 0.2) is 6.07 Å². The Bertz CT molecular complexity index is 809. The van der Waals surface area contributed by atoms with Crippen molar-refractivity contribution in [2.45, 2.75) is 59.3 Å². The lowest BCUT2D eigenvalue weighted by Crippen LogP contribution is -2.42. The summed E-state index contributed by atoms with van der Waals surface area (Å²) in [5.41, 5.74) is 4.33. The van der Waals surface area contributed by atoms with E-state index in [1.54, 1.807) is 0 Å². The summed E-state index contributed by atoms with van der Waals surface area (Å²) in [7, 11) is 0. The van der Waals surface area contributed by atoms with Gasteiger partial charge in [0.05, 0.1) is 42.4 Å². The molecule has 8 heteroatoms. The smallest absolute Gasteiger partial charge is 0.318 e. The van der Waals surface area contributed by atoms with Gasteiger partial charge in [-0.15, -0.1) is 0 Å². The molecule has 0 aromatic carbocycles. The lowest BCUT2D eigenvalue weighted by atomic mass is 10.1. The monoisotopic (exact) mass is 371 g/mol. The van der Waals surface area contributed by atoms with Gasteiger partial charge in [-0.05, 0) is 26.0 Å². The van der Waals surface area contributed by atoms with E-state index in [0.29, 0.717) is 19.6 Å². The Balaban J connectivity index is 1.31. The molecule has 2 amide bonds. The van der Waals surface area contributed by atoms with E-state index in [0.717, 1.165) is 55.5 Å². The van der Waals surface area contributed by atoms with Crippen molar-refractivity contribution in [2.24, 2.45) is 0 Å². The first kappa shape index (κ1) is 18.0. The molecule has 0 spiro atoms. The third-order valence-corrected chi connectivity index (χ3v) is 5.41. The molecular formula is C19H29N7O. The number of unbranched alkanes of at least 4 members (excludes halogenated alkanes) is 1. The number of carbonyl (C=O) groups is 1. The molecule has 4 rings (SSSR count). The fraction of sp³-hybridized carbons (Fsp3) is 0.632. The summed E-state index contributed by atoms with van der Waals surface area (Å²) in [6, 6.07) is 2.09. The fourth-order valence-corrected chi connectivity index (χ4v) is 3.93. The van der Waals surface area contributed by atoms with Gasteiger partial charge in [-0.1, -0.05) is 13.3 Å². The highest BCUT2D eigenvalue weighted by molar-refractivity contribution is 5.74. The van der Waals surface area contributed by atoms with E-state index in [9.17, 15) is 4.79 Å².